The van der Waals surface area contributed by atoms with E-state index in [4.69, 9.17) is 0 Å². The number of hydrogen-bond acceptors (Lipinski definition) is 6. The number of nitrogens with one attached hydrogen (secondary N) is 1. The largest absolute Gasteiger partial charge is 0.395 e. The van der Waals surface area contributed by atoms with Gasteiger partial charge < -0.3 is 10.1 Å². The minimum atomic E-state index is 0.0703. The van der Waals surface area contributed by atoms with E-state index in [1.54, 1.807) is 6.20 Å². The average molecular weight is 339 g/mol. The van der Waals surface area contributed by atoms with Crippen molar-refractivity contribution < 1.29 is 5.11 Å². The van der Waals surface area contributed by atoms with Crippen molar-refractivity contribution in [3.8, 4) is 0 Å². The molecule has 0 saturated carbocycles. The van der Waals surface area contributed by atoms with E-state index < -0.39 is 0 Å². The van der Waals surface area contributed by atoms with Crippen LogP contribution in [0.25, 0.3) is 0 Å². The van der Waals surface area contributed by atoms with E-state index in [1.165, 1.54) is 0 Å². The standard InChI is InChI=1S/C17H21N7O/c25-12-14-6-7-15(23(14)11-16-18-8-9-19-16)17-20-21-22-24(17)10-13-4-2-1-3-5-13/h1-5,8-9,14-15,25H,6-7,10-12H2,(H,18,19)/t14-,15-/m0/s1. The quantitative estimate of drug-likeness (QED) is 0.699. The molecule has 1 aliphatic rings. The lowest BCUT2D eigenvalue weighted by Gasteiger charge is -2.27. The van der Waals surface area contributed by atoms with Gasteiger partial charge in [-0.15, -0.1) is 5.10 Å². The van der Waals surface area contributed by atoms with Crippen LogP contribution in [0.4, 0.5) is 0 Å². The molecule has 2 atom stereocenters. The molecule has 3 heterocycles. The van der Waals surface area contributed by atoms with Crippen molar-refractivity contribution in [3.05, 3.63) is 59.9 Å². The molecule has 2 N–H and O–H groups in total. The van der Waals surface area contributed by atoms with E-state index in [1.807, 2.05) is 29.1 Å². The summed E-state index contributed by atoms with van der Waals surface area (Å²) in [5.41, 5.74) is 1.16. The molecule has 0 amide bonds. The third kappa shape index (κ3) is 3.31. The molecule has 1 aliphatic heterocycles. The second-order valence-electron chi connectivity index (χ2n) is 6.32. The van der Waals surface area contributed by atoms with Gasteiger partial charge in [0.25, 0.3) is 0 Å². The summed E-state index contributed by atoms with van der Waals surface area (Å²) in [6.45, 7) is 1.40. The zero-order chi connectivity index (χ0) is 17.1. The van der Waals surface area contributed by atoms with E-state index in [9.17, 15) is 5.11 Å². The summed E-state index contributed by atoms with van der Waals surface area (Å²) in [6.07, 6.45) is 5.39. The smallest absolute Gasteiger partial charge is 0.168 e. The maximum atomic E-state index is 9.75. The van der Waals surface area contributed by atoms with Crippen LogP contribution in [0.2, 0.25) is 0 Å². The van der Waals surface area contributed by atoms with Gasteiger partial charge in [-0.25, -0.2) is 9.67 Å². The first-order valence-electron chi connectivity index (χ1n) is 8.50. The Morgan fingerprint density at radius 3 is 2.80 bits per heavy atom. The minimum absolute atomic E-state index is 0.0703. The summed E-state index contributed by atoms with van der Waals surface area (Å²) >= 11 is 0. The third-order valence-corrected chi connectivity index (χ3v) is 4.77. The molecule has 8 heteroatoms. The first kappa shape index (κ1) is 15.9. The van der Waals surface area contributed by atoms with Gasteiger partial charge >= 0.3 is 0 Å². The Bertz CT molecular complexity index is 786. The zero-order valence-electron chi connectivity index (χ0n) is 13.9. The summed E-state index contributed by atoms with van der Waals surface area (Å²) in [7, 11) is 0. The number of tetrazole rings is 1. The fourth-order valence-corrected chi connectivity index (χ4v) is 3.53. The first-order valence-corrected chi connectivity index (χ1v) is 8.50. The molecule has 25 heavy (non-hydrogen) atoms. The first-order chi connectivity index (χ1) is 12.3. The maximum absolute atomic E-state index is 9.75. The van der Waals surface area contributed by atoms with Gasteiger partial charge in [-0.1, -0.05) is 30.3 Å². The van der Waals surface area contributed by atoms with Crippen LogP contribution < -0.4 is 0 Å². The zero-order valence-corrected chi connectivity index (χ0v) is 13.9. The van der Waals surface area contributed by atoms with Gasteiger partial charge in [0.05, 0.1) is 25.7 Å². The molecule has 2 aromatic heterocycles. The number of aliphatic hydroxyl groups is 1. The monoisotopic (exact) mass is 339 g/mol. The summed E-state index contributed by atoms with van der Waals surface area (Å²) in [5, 5.41) is 22.1. The molecule has 130 valence electrons. The SMILES string of the molecule is OC[C@@H]1CC[C@@H](c2nnnn2Cc2ccccc2)N1Cc1ncc[nH]1. The molecular formula is C17H21N7O. The van der Waals surface area contributed by atoms with E-state index in [2.05, 4.69) is 42.5 Å². The number of aromatic nitrogens is 6. The van der Waals surface area contributed by atoms with E-state index in [0.29, 0.717) is 13.1 Å². The molecule has 0 bridgehead atoms. The number of likely N-dealkylation sites (tertiary alicyclic amines) is 1. The van der Waals surface area contributed by atoms with Crippen LogP contribution in [0.15, 0.2) is 42.7 Å². The summed E-state index contributed by atoms with van der Waals surface area (Å²) in [6, 6.07) is 10.3. The Morgan fingerprint density at radius 2 is 2.04 bits per heavy atom. The second kappa shape index (κ2) is 7.12. The van der Waals surface area contributed by atoms with Gasteiger partial charge in [-0.2, -0.15) is 0 Å². The van der Waals surface area contributed by atoms with Crippen molar-refractivity contribution in [3.63, 3.8) is 0 Å². The predicted octanol–water partition coefficient (Wildman–Crippen LogP) is 1.14. The van der Waals surface area contributed by atoms with Crippen molar-refractivity contribution in [2.24, 2.45) is 0 Å². The third-order valence-electron chi connectivity index (χ3n) is 4.77. The van der Waals surface area contributed by atoms with Crippen LogP contribution in [0.5, 0.6) is 0 Å². The molecule has 8 nitrogen and oxygen atoms in total. The summed E-state index contributed by atoms with van der Waals surface area (Å²) in [5.74, 6) is 1.72. The minimum Gasteiger partial charge on any atom is -0.395 e. The van der Waals surface area contributed by atoms with Gasteiger partial charge in [-0.3, -0.25) is 4.90 Å². The highest BCUT2D eigenvalue weighted by atomic mass is 16.3. The van der Waals surface area contributed by atoms with Crippen LogP contribution in [0.1, 0.15) is 36.1 Å². The molecule has 1 saturated heterocycles. The Labute approximate surface area is 145 Å². The summed E-state index contributed by atoms with van der Waals surface area (Å²) < 4.78 is 1.86. The maximum Gasteiger partial charge on any atom is 0.168 e. The number of rotatable bonds is 6. The molecule has 1 fully saturated rings. The number of aliphatic hydroxyl groups excluding tert-OH is 1. The molecule has 0 unspecified atom stereocenters. The van der Waals surface area contributed by atoms with E-state index in [0.717, 1.165) is 30.1 Å². The normalized spacial score (nSPS) is 21.0. The van der Waals surface area contributed by atoms with Crippen LogP contribution in [-0.4, -0.2) is 52.8 Å². The molecular weight excluding hydrogens is 318 g/mol. The molecule has 0 aliphatic carbocycles. The number of benzene rings is 1. The molecule has 4 rings (SSSR count). The second-order valence-corrected chi connectivity index (χ2v) is 6.32. The van der Waals surface area contributed by atoms with Gasteiger partial charge in [0.1, 0.15) is 5.82 Å². The van der Waals surface area contributed by atoms with Crippen molar-refractivity contribution in [1.29, 1.82) is 0 Å². The van der Waals surface area contributed by atoms with Crippen LogP contribution >= 0.6 is 0 Å². The van der Waals surface area contributed by atoms with Gasteiger partial charge in [0, 0.05) is 18.4 Å². The fraction of sp³-hybridized carbons (Fsp3) is 0.412. The van der Waals surface area contributed by atoms with Crippen LogP contribution in [0.3, 0.4) is 0 Å². The summed E-state index contributed by atoms with van der Waals surface area (Å²) in [4.78, 5) is 9.70. The Hall–Kier alpha value is -2.58. The molecule has 0 radical (unpaired) electrons. The fourth-order valence-electron chi connectivity index (χ4n) is 3.53. The van der Waals surface area contributed by atoms with Gasteiger partial charge in [0.15, 0.2) is 5.82 Å². The van der Waals surface area contributed by atoms with E-state index >= 15 is 0 Å². The lowest BCUT2D eigenvalue weighted by Crippen LogP contribution is -2.35. The van der Waals surface area contributed by atoms with Crippen LogP contribution in [-0.2, 0) is 13.1 Å². The molecule has 3 aromatic rings. The Morgan fingerprint density at radius 1 is 1.16 bits per heavy atom. The predicted molar refractivity (Wildman–Crippen MR) is 90.3 cm³/mol. The van der Waals surface area contributed by atoms with Crippen molar-refractivity contribution in [1.82, 2.24) is 35.1 Å². The average Bonchev–Trinajstić information content (AvgIpc) is 3.37. The number of aromatic amines is 1. The van der Waals surface area contributed by atoms with Gasteiger partial charge in [0.2, 0.25) is 0 Å². The highest BCUT2D eigenvalue weighted by molar-refractivity contribution is 5.15. The van der Waals surface area contributed by atoms with Gasteiger partial charge in [-0.05, 0) is 28.8 Å². The highest BCUT2D eigenvalue weighted by Crippen LogP contribution is 2.35. The Balaban J connectivity index is 1.58. The number of imidazole rings is 1. The lowest BCUT2D eigenvalue weighted by molar-refractivity contribution is 0.115. The van der Waals surface area contributed by atoms with Crippen molar-refractivity contribution in [2.45, 2.75) is 38.0 Å². The number of H-pyrrole nitrogens is 1. The topological polar surface area (TPSA) is 95.8 Å². The van der Waals surface area contributed by atoms with Crippen LogP contribution in [0, 0.1) is 0 Å². The number of nitrogens with zero attached hydrogens (tertiary/aromatic N) is 6. The van der Waals surface area contributed by atoms with E-state index in [-0.39, 0.29) is 18.7 Å². The Kier molecular flexibility index (Phi) is 4.53. The molecule has 0 spiro atoms. The lowest BCUT2D eigenvalue weighted by atomic mass is 10.2. The molecule has 1 aromatic carbocycles. The van der Waals surface area contributed by atoms with Crippen molar-refractivity contribution >= 4 is 0 Å². The number of hydrogen-bond donors (Lipinski definition) is 2. The van der Waals surface area contributed by atoms with Crippen molar-refractivity contribution in [2.75, 3.05) is 6.61 Å². The highest BCUT2D eigenvalue weighted by Gasteiger charge is 2.37.